The molecule has 1 aromatic carbocycles. The molecule has 1 fully saturated rings. The highest BCUT2D eigenvalue weighted by Gasteiger charge is 2.26. The van der Waals surface area contributed by atoms with Crippen molar-refractivity contribution in [1.82, 2.24) is 4.90 Å². The molecule has 1 aliphatic rings. The summed E-state index contributed by atoms with van der Waals surface area (Å²) in [5.74, 6) is -0.257. The largest absolute Gasteiger partial charge is 0.389 e. The molecule has 1 heterocycles. The molecule has 1 unspecified atom stereocenters. The zero-order chi connectivity index (χ0) is 14.7. The van der Waals surface area contributed by atoms with E-state index in [1.807, 2.05) is 11.9 Å². The standard InChI is InChI=1S/C16H25FN2O/c1-4-19-10-6-7-13(19)11-18(3)16-14(12(2)20)8-5-9-15(16)17/h5,8-9,12-13,20H,4,6-7,10-11H2,1-3H3/t12-,13?/m0/s1. The first-order chi connectivity index (χ1) is 9.54. The van der Waals surface area contributed by atoms with E-state index in [1.54, 1.807) is 19.1 Å². The first kappa shape index (κ1) is 15.3. The van der Waals surface area contributed by atoms with Crippen LogP contribution in [0.3, 0.4) is 0 Å². The molecule has 0 aliphatic carbocycles. The van der Waals surface area contributed by atoms with Crippen molar-refractivity contribution < 1.29 is 9.50 Å². The fourth-order valence-corrected chi connectivity index (χ4v) is 3.20. The minimum atomic E-state index is -0.658. The van der Waals surface area contributed by atoms with Crippen molar-refractivity contribution >= 4 is 5.69 Å². The van der Waals surface area contributed by atoms with Gasteiger partial charge in [-0.25, -0.2) is 4.39 Å². The lowest BCUT2D eigenvalue weighted by molar-refractivity contribution is 0.199. The molecule has 112 valence electrons. The summed E-state index contributed by atoms with van der Waals surface area (Å²) in [6.07, 6.45) is 1.72. The van der Waals surface area contributed by atoms with Crippen LogP contribution in [0.1, 0.15) is 38.4 Å². The van der Waals surface area contributed by atoms with E-state index in [9.17, 15) is 9.50 Å². The van der Waals surface area contributed by atoms with Gasteiger partial charge in [-0.05, 0) is 38.9 Å². The first-order valence-corrected chi connectivity index (χ1v) is 7.46. The van der Waals surface area contributed by atoms with Crippen molar-refractivity contribution in [2.24, 2.45) is 0 Å². The fourth-order valence-electron chi connectivity index (χ4n) is 3.20. The number of rotatable bonds is 5. The van der Waals surface area contributed by atoms with Crippen molar-refractivity contribution in [1.29, 1.82) is 0 Å². The van der Waals surface area contributed by atoms with E-state index in [1.165, 1.54) is 12.5 Å². The van der Waals surface area contributed by atoms with Crippen molar-refractivity contribution in [3.8, 4) is 0 Å². The Morgan fingerprint density at radius 1 is 1.50 bits per heavy atom. The summed E-state index contributed by atoms with van der Waals surface area (Å²) < 4.78 is 14.1. The quantitative estimate of drug-likeness (QED) is 0.898. The van der Waals surface area contributed by atoms with E-state index in [-0.39, 0.29) is 5.82 Å². The summed E-state index contributed by atoms with van der Waals surface area (Å²) in [5, 5.41) is 9.83. The minimum absolute atomic E-state index is 0.257. The Labute approximate surface area is 121 Å². The number of benzene rings is 1. The van der Waals surface area contributed by atoms with Crippen molar-refractivity contribution in [2.75, 3.05) is 31.6 Å². The Morgan fingerprint density at radius 2 is 2.25 bits per heavy atom. The Kier molecular flexibility index (Phi) is 5.00. The number of hydrogen-bond donors (Lipinski definition) is 1. The molecular weight excluding hydrogens is 255 g/mol. The van der Waals surface area contributed by atoms with Gasteiger partial charge in [0.2, 0.25) is 0 Å². The summed E-state index contributed by atoms with van der Waals surface area (Å²) >= 11 is 0. The number of aliphatic hydroxyl groups excluding tert-OH is 1. The summed E-state index contributed by atoms with van der Waals surface area (Å²) in [6.45, 7) is 6.83. The molecule has 2 rings (SSSR count). The lowest BCUT2D eigenvalue weighted by Crippen LogP contribution is -2.39. The number of hydrogen-bond acceptors (Lipinski definition) is 3. The second-order valence-electron chi connectivity index (χ2n) is 5.66. The zero-order valence-corrected chi connectivity index (χ0v) is 12.6. The second kappa shape index (κ2) is 6.55. The smallest absolute Gasteiger partial charge is 0.146 e. The molecule has 1 aliphatic heterocycles. The summed E-state index contributed by atoms with van der Waals surface area (Å²) in [6, 6.07) is 5.39. The summed E-state index contributed by atoms with van der Waals surface area (Å²) in [5.41, 5.74) is 1.19. The molecule has 0 aromatic heterocycles. The molecule has 2 atom stereocenters. The summed E-state index contributed by atoms with van der Waals surface area (Å²) in [7, 11) is 1.91. The van der Waals surface area contributed by atoms with Gasteiger partial charge in [-0.3, -0.25) is 4.90 Å². The third-order valence-electron chi connectivity index (χ3n) is 4.24. The molecule has 0 radical (unpaired) electrons. The van der Waals surface area contributed by atoms with Crippen LogP contribution in [0.15, 0.2) is 18.2 Å². The van der Waals surface area contributed by atoms with Crippen LogP contribution in [0.5, 0.6) is 0 Å². The molecule has 1 N–H and O–H groups in total. The van der Waals surface area contributed by atoms with Crippen LogP contribution in [-0.4, -0.2) is 42.7 Å². The molecular formula is C16H25FN2O. The molecule has 1 aromatic rings. The third-order valence-corrected chi connectivity index (χ3v) is 4.24. The normalized spacial score (nSPS) is 21.1. The van der Waals surface area contributed by atoms with E-state index in [0.717, 1.165) is 26.1 Å². The van der Waals surface area contributed by atoms with Gasteiger partial charge in [0.25, 0.3) is 0 Å². The monoisotopic (exact) mass is 280 g/mol. The maximum absolute atomic E-state index is 14.1. The van der Waals surface area contributed by atoms with Gasteiger partial charge in [-0.1, -0.05) is 19.1 Å². The number of nitrogens with zero attached hydrogens (tertiary/aromatic N) is 2. The van der Waals surface area contributed by atoms with E-state index < -0.39 is 6.10 Å². The number of para-hydroxylation sites is 1. The van der Waals surface area contributed by atoms with Crippen molar-refractivity contribution in [3.63, 3.8) is 0 Å². The van der Waals surface area contributed by atoms with Gasteiger partial charge in [0, 0.05) is 25.2 Å². The van der Waals surface area contributed by atoms with E-state index in [0.29, 0.717) is 17.3 Å². The molecule has 0 bridgehead atoms. The maximum Gasteiger partial charge on any atom is 0.146 e. The van der Waals surface area contributed by atoms with E-state index in [4.69, 9.17) is 0 Å². The molecule has 0 amide bonds. The topological polar surface area (TPSA) is 26.7 Å². The van der Waals surface area contributed by atoms with Crippen LogP contribution in [0, 0.1) is 5.82 Å². The van der Waals surface area contributed by atoms with Crippen molar-refractivity contribution in [2.45, 2.75) is 38.8 Å². The van der Waals surface area contributed by atoms with Crippen LogP contribution in [0.2, 0.25) is 0 Å². The number of anilines is 1. The predicted octanol–water partition coefficient (Wildman–Crippen LogP) is 2.80. The lowest BCUT2D eigenvalue weighted by Gasteiger charge is -2.30. The minimum Gasteiger partial charge on any atom is -0.389 e. The third kappa shape index (κ3) is 3.13. The molecule has 0 spiro atoms. The van der Waals surface area contributed by atoms with Gasteiger partial charge >= 0.3 is 0 Å². The molecule has 20 heavy (non-hydrogen) atoms. The Morgan fingerprint density at radius 3 is 2.90 bits per heavy atom. The molecule has 3 nitrogen and oxygen atoms in total. The number of likely N-dealkylation sites (N-methyl/N-ethyl adjacent to an activating group) is 2. The molecule has 4 heteroatoms. The van der Waals surface area contributed by atoms with Gasteiger partial charge in [0.1, 0.15) is 5.82 Å². The average molecular weight is 280 g/mol. The maximum atomic E-state index is 14.1. The summed E-state index contributed by atoms with van der Waals surface area (Å²) in [4.78, 5) is 4.40. The Balaban J connectivity index is 2.18. The number of aliphatic hydroxyl groups is 1. The highest BCUT2D eigenvalue weighted by atomic mass is 19.1. The number of halogens is 1. The predicted molar refractivity (Wildman–Crippen MR) is 80.6 cm³/mol. The molecule has 1 saturated heterocycles. The van der Waals surface area contributed by atoms with Crippen LogP contribution < -0.4 is 4.90 Å². The average Bonchev–Trinajstić information content (AvgIpc) is 2.85. The fraction of sp³-hybridized carbons (Fsp3) is 0.625. The van der Waals surface area contributed by atoms with Crippen LogP contribution in [0.4, 0.5) is 10.1 Å². The van der Waals surface area contributed by atoms with Crippen LogP contribution >= 0.6 is 0 Å². The highest BCUT2D eigenvalue weighted by Crippen LogP contribution is 2.30. The van der Waals surface area contributed by atoms with E-state index >= 15 is 0 Å². The number of likely N-dealkylation sites (tertiary alicyclic amines) is 1. The van der Waals surface area contributed by atoms with E-state index in [2.05, 4.69) is 11.8 Å². The van der Waals surface area contributed by atoms with Crippen molar-refractivity contribution in [3.05, 3.63) is 29.6 Å². The van der Waals surface area contributed by atoms with Gasteiger partial charge in [0.05, 0.1) is 11.8 Å². The Hall–Kier alpha value is -1.13. The van der Waals surface area contributed by atoms with Crippen LogP contribution in [-0.2, 0) is 0 Å². The molecule has 0 saturated carbocycles. The van der Waals surface area contributed by atoms with Gasteiger partial charge in [-0.15, -0.1) is 0 Å². The second-order valence-corrected chi connectivity index (χ2v) is 5.66. The van der Waals surface area contributed by atoms with Gasteiger partial charge in [-0.2, -0.15) is 0 Å². The SMILES string of the molecule is CCN1CCCC1CN(C)c1c(F)cccc1[C@H](C)O. The van der Waals surface area contributed by atoms with Gasteiger partial charge in [0.15, 0.2) is 0 Å². The Bertz CT molecular complexity index is 450. The van der Waals surface area contributed by atoms with Crippen LogP contribution in [0.25, 0.3) is 0 Å². The zero-order valence-electron chi connectivity index (χ0n) is 12.6. The van der Waals surface area contributed by atoms with Gasteiger partial charge < -0.3 is 10.0 Å². The lowest BCUT2D eigenvalue weighted by atomic mass is 10.1. The highest BCUT2D eigenvalue weighted by molar-refractivity contribution is 5.55. The first-order valence-electron chi connectivity index (χ1n) is 7.46.